The van der Waals surface area contributed by atoms with Crippen molar-refractivity contribution in [1.29, 1.82) is 0 Å². The van der Waals surface area contributed by atoms with Crippen LogP contribution >= 0.6 is 0 Å². The molecule has 0 aliphatic rings. The molecule has 5 heteroatoms. The highest BCUT2D eigenvalue weighted by Crippen LogP contribution is 2.25. The summed E-state index contributed by atoms with van der Waals surface area (Å²) in [6, 6.07) is 20.5. The Morgan fingerprint density at radius 1 is 0.840 bits per heavy atom. The summed E-state index contributed by atoms with van der Waals surface area (Å²) < 4.78 is 5.66. The van der Waals surface area contributed by atoms with E-state index >= 15 is 0 Å². The number of carbonyl (C=O) groups excluding carboxylic acids is 2. The first-order valence-electron chi connectivity index (χ1n) is 7.90. The zero-order valence-electron chi connectivity index (χ0n) is 13.8. The van der Waals surface area contributed by atoms with Crippen molar-refractivity contribution in [1.82, 2.24) is 0 Å². The first kappa shape index (κ1) is 16.5. The second-order valence-corrected chi connectivity index (χ2v) is 5.57. The number of hydrogen-bond donors (Lipinski definition) is 2. The highest BCUT2D eigenvalue weighted by Gasteiger charge is 2.06. The summed E-state index contributed by atoms with van der Waals surface area (Å²) in [6.45, 7) is 1.36. The molecule has 0 unspecified atom stereocenters. The van der Waals surface area contributed by atoms with Crippen molar-refractivity contribution < 1.29 is 14.3 Å². The lowest BCUT2D eigenvalue weighted by atomic mass is 10.1. The van der Waals surface area contributed by atoms with E-state index in [0.29, 0.717) is 17.1 Å². The average molecular weight is 334 g/mol. The lowest BCUT2D eigenvalue weighted by Crippen LogP contribution is -2.20. The number of benzene rings is 3. The zero-order valence-corrected chi connectivity index (χ0v) is 13.8. The Kier molecular flexibility index (Phi) is 4.95. The number of amides is 2. The van der Waals surface area contributed by atoms with Crippen LogP contribution in [-0.2, 0) is 9.59 Å². The molecule has 0 heterocycles. The maximum Gasteiger partial charge on any atom is 0.262 e. The van der Waals surface area contributed by atoms with Crippen LogP contribution in [0.5, 0.6) is 5.75 Å². The molecular formula is C20H18N2O3. The summed E-state index contributed by atoms with van der Waals surface area (Å²) in [4.78, 5) is 23.1. The van der Waals surface area contributed by atoms with Crippen LogP contribution in [0.1, 0.15) is 6.92 Å². The Morgan fingerprint density at radius 2 is 1.48 bits per heavy atom. The molecule has 0 fully saturated rings. The Balaban J connectivity index is 1.60. The summed E-state index contributed by atoms with van der Waals surface area (Å²) in [7, 11) is 0. The van der Waals surface area contributed by atoms with E-state index in [1.165, 1.54) is 6.92 Å². The first-order valence-corrected chi connectivity index (χ1v) is 7.90. The lowest BCUT2D eigenvalue weighted by molar-refractivity contribution is -0.118. The highest BCUT2D eigenvalue weighted by molar-refractivity contribution is 5.94. The minimum atomic E-state index is -0.250. The number of ether oxygens (including phenoxy) is 1. The summed E-state index contributed by atoms with van der Waals surface area (Å²) in [6.07, 6.45) is 0. The molecule has 3 aromatic rings. The standard InChI is InChI=1S/C20H18N2O3/c1-14(23)21-16-9-11-17(12-10-16)22-20(24)13-25-19-8-4-6-15-5-2-3-7-18(15)19/h2-12H,13H2,1H3,(H,21,23)(H,22,24). The fraction of sp³-hybridized carbons (Fsp3) is 0.100. The molecule has 0 aliphatic carbocycles. The van der Waals surface area contributed by atoms with Gasteiger partial charge in [0.15, 0.2) is 6.61 Å². The average Bonchev–Trinajstić information content (AvgIpc) is 2.61. The maximum atomic E-state index is 12.1. The van der Waals surface area contributed by atoms with Gasteiger partial charge in [-0.1, -0.05) is 36.4 Å². The van der Waals surface area contributed by atoms with Crippen molar-refractivity contribution in [2.45, 2.75) is 6.92 Å². The molecule has 2 amide bonds. The smallest absolute Gasteiger partial charge is 0.262 e. The van der Waals surface area contributed by atoms with Crippen LogP contribution in [0.25, 0.3) is 10.8 Å². The molecule has 3 rings (SSSR count). The minimum absolute atomic E-state index is 0.0819. The molecule has 0 saturated carbocycles. The molecule has 0 atom stereocenters. The number of fused-ring (bicyclic) bond motifs is 1. The number of hydrogen-bond acceptors (Lipinski definition) is 3. The van der Waals surface area contributed by atoms with Crippen LogP contribution in [0.3, 0.4) is 0 Å². The number of nitrogens with one attached hydrogen (secondary N) is 2. The number of rotatable bonds is 5. The Hall–Kier alpha value is -3.34. The van der Waals surface area contributed by atoms with Gasteiger partial charge in [-0.15, -0.1) is 0 Å². The molecule has 0 aliphatic heterocycles. The molecule has 0 radical (unpaired) electrons. The lowest BCUT2D eigenvalue weighted by Gasteiger charge is -2.10. The van der Waals surface area contributed by atoms with Crippen molar-refractivity contribution >= 4 is 34.0 Å². The van der Waals surface area contributed by atoms with Crippen LogP contribution in [0.4, 0.5) is 11.4 Å². The molecule has 25 heavy (non-hydrogen) atoms. The fourth-order valence-electron chi connectivity index (χ4n) is 2.50. The van der Waals surface area contributed by atoms with Gasteiger partial charge in [0, 0.05) is 23.7 Å². The van der Waals surface area contributed by atoms with E-state index in [4.69, 9.17) is 4.74 Å². The van der Waals surface area contributed by atoms with Crippen molar-refractivity contribution in [3.63, 3.8) is 0 Å². The second-order valence-electron chi connectivity index (χ2n) is 5.57. The van der Waals surface area contributed by atoms with Crippen molar-refractivity contribution in [3.8, 4) is 5.75 Å². The van der Waals surface area contributed by atoms with E-state index in [2.05, 4.69) is 10.6 Å². The molecule has 0 aromatic heterocycles. The van der Waals surface area contributed by atoms with Gasteiger partial charge in [-0.3, -0.25) is 9.59 Å². The van der Waals surface area contributed by atoms with Crippen molar-refractivity contribution in [2.75, 3.05) is 17.2 Å². The molecule has 3 aromatic carbocycles. The minimum Gasteiger partial charge on any atom is -0.483 e. The largest absolute Gasteiger partial charge is 0.483 e. The van der Waals surface area contributed by atoms with Gasteiger partial charge in [-0.2, -0.15) is 0 Å². The highest BCUT2D eigenvalue weighted by atomic mass is 16.5. The Bertz CT molecular complexity index is 899. The van der Waals surface area contributed by atoms with Crippen molar-refractivity contribution in [2.24, 2.45) is 0 Å². The van der Waals surface area contributed by atoms with Crippen LogP contribution in [-0.4, -0.2) is 18.4 Å². The van der Waals surface area contributed by atoms with Gasteiger partial charge < -0.3 is 15.4 Å². The zero-order chi connectivity index (χ0) is 17.6. The van der Waals surface area contributed by atoms with E-state index in [0.717, 1.165) is 10.8 Å². The molecule has 0 bridgehead atoms. The molecule has 126 valence electrons. The van der Waals surface area contributed by atoms with E-state index < -0.39 is 0 Å². The fourth-order valence-corrected chi connectivity index (χ4v) is 2.50. The SMILES string of the molecule is CC(=O)Nc1ccc(NC(=O)COc2cccc3ccccc23)cc1. The van der Waals surface area contributed by atoms with E-state index in [9.17, 15) is 9.59 Å². The third kappa shape index (κ3) is 4.35. The third-order valence-electron chi connectivity index (χ3n) is 3.60. The predicted molar refractivity (Wildman–Crippen MR) is 98.8 cm³/mol. The van der Waals surface area contributed by atoms with Gasteiger partial charge in [0.25, 0.3) is 5.91 Å². The topological polar surface area (TPSA) is 67.4 Å². The Labute approximate surface area is 145 Å². The van der Waals surface area contributed by atoms with Crippen LogP contribution in [0.2, 0.25) is 0 Å². The van der Waals surface area contributed by atoms with Gasteiger partial charge in [0.2, 0.25) is 5.91 Å². The molecule has 5 nitrogen and oxygen atoms in total. The third-order valence-corrected chi connectivity index (χ3v) is 3.60. The van der Waals surface area contributed by atoms with Gasteiger partial charge >= 0.3 is 0 Å². The van der Waals surface area contributed by atoms with Crippen LogP contribution < -0.4 is 15.4 Å². The van der Waals surface area contributed by atoms with E-state index in [-0.39, 0.29) is 18.4 Å². The molecular weight excluding hydrogens is 316 g/mol. The number of carbonyl (C=O) groups is 2. The first-order chi connectivity index (χ1) is 12.1. The molecule has 2 N–H and O–H groups in total. The van der Waals surface area contributed by atoms with Crippen LogP contribution in [0, 0.1) is 0 Å². The summed E-state index contributed by atoms with van der Waals surface area (Å²) in [5, 5.41) is 7.47. The normalized spacial score (nSPS) is 10.3. The predicted octanol–water partition coefficient (Wildman–Crippen LogP) is 3.82. The van der Waals surface area contributed by atoms with E-state index in [1.54, 1.807) is 24.3 Å². The molecule has 0 spiro atoms. The quantitative estimate of drug-likeness (QED) is 0.745. The van der Waals surface area contributed by atoms with E-state index in [1.807, 2.05) is 42.5 Å². The number of anilines is 2. The summed E-state index contributed by atoms with van der Waals surface area (Å²) in [5.74, 6) is 0.287. The van der Waals surface area contributed by atoms with Gasteiger partial charge in [0.05, 0.1) is 0 Å². The maximum absolute atomic E-state index is 12.1. The summed E-state index contributed by atoms with van der Waals surface area (Å²) >= 11 is 0. The monoisotopic (exact) mass is 334 g/mol. The second kappa shape index (κ2) is 7.49. The van der Waals surface area contributed by atoms with Gasteiger partial charge in [0.1, 0.15) is 5.75 Å². The van der Waals surface area contributed by atoms with Crippen molar-refractivity contribution in [3.05, 3.63) is 66.7 Å². The Morgan fingerprint density at radius 3 is 2.20 bits per heavy atom. The van der Waals surface area contributed by atoms with Gasteiger partial charge in [-0.05, 0) is 35.7 Å². The summed E-state index contributed by atoms with van der Waals surface area (Å²) in [5.41, 5.74) is 1.32. The molecule has 0 saturated heterocycles. The van der Waals surface area contributed by atoms with Crippen LogP contribution in [0.15, 0.2) is 66.7 Å². The van der Waals surface area contributed by atoms with Gasteiger partial charge in [-0.25, -0.2) is 0 Å².